The third-order valence-corrected chi connectivity index (χ3v) is 6.49. The molecule has 1 saturated heterocycles. The maximum Gasteiger partial charge on any atom is 0.253 e. The first kappa shape index (κ1) is 20.6. The Morgan fingerprint density at radius 2 is 2.21 bits per heavy atom. The van der Waals surface area contributed by atoms with E-state index in [-0.39, 0.29) is 32.0 Å². The zero-order valence-electron chi connectivity index (χ0n) is 16.3. The molecule has 4 rings (SSSR count). The van der Waals surface area contributed by atoms with Crippen LogP contribution < -0.4 is 5.32 Å². The van der Waals surface area contributed by atoms with Gasteiger partial charge in [-0.3, -0.25) is 4.79 Å². The molecule has 158 valence electrons. The smallest absolute Gasteiger partial charge is 0.253 e. The maximum absolute atomic E-state index is 13.7. The molecule has 8 heteroatoms. The molecule has 2 aliphatic rings. The first-order chi connectivity index (χ1) is 13.7. The van der Waals surface area contributed by atoms with E-state index >= 15 is 0 Å². The maximum atomic E-state index is 13.7. The summed E-state index contributed by atoms with van der Waals surface area (Å²) >= 11 is 6.39. The summed E-state index contributed by atoms with van der Waals surface area (Å²) in [6, 6.07) is 5.43. The van der Waals surface area contributed by atoms with Gasteiger partial charge in [-0.25, -0.2) is 8.78 Å². The van der Waals surface area contributed by atoms with Crippen LogP contribution in [0.2, 0.25) is 5.02 Å². The summed E-state index contributed by atoms with van der Waals surface area (Å²) in [4.78, 5) is 12.9. The van der Waals surface area contributed by atoms with Gasteiger partial charge in [0.05, 0.1) is 21.7 Å². The minimum Gasteiger partial charge on any atom is -0.388 e. The molecule has 0 radical (unpaired) electrons. The average Bonchev–Trinajstić information content (AvgIpc) is 3.32. The normalized spacial score (nSPS) is 29.3. The van der Waals surface area contributed by atoms with Crippen LogP contribution in [0, 0.1) is 5.92 Å². The van der Waals surface area contributed by atoms with Gasteiger partial charge in [-0.1, -0.05) is 24.6 Å². The van der Waals surface area contributed by atoms with E-state index in [4.69, 9.17) is 16.3 Å². The summed E-state index contributed by atoms with van der Waals surface area (Å²) in [5.41, 5.74) is -0.147. The molecule has 2 heterocycles. The highest BCUT2D eigenvalue weighted by Gasteiger charge is 2.47. The van der Waals surface area contributed by atoms with Crippen molar-refractivity contribution in [2.75, 3.05) is 13.2 Å². The van der Waals surface area contributed by atoms with Crippen molar-refractivity contribution in [2.24, 2.45) is 5.92 Å². The van der Waals surface area contributed by atoms with Gasteiger partial charge in [0.1, 0.15) is 6.23 Å². The summed E-state index contributed by atoms with van der Waals surface area (Å²) in [7, 11) is 0. The van der Waals surface area contributed by atoms with Crippen molar-refractivity contribution >= 4 is 28.4 Å². The molecule has 3 atom stereocenters. The number of hydrogen-bond donors (Lipinski definition) is 2. The van der Waals surface area contributed by atoms with Gasteiger partial charge in [0.15, 0.2) is 0 Å². The Balaban J connectivity index is 1.56. The summed E-state index contributed by atoms with van der Waals surface area (Å²) in [5, 5.41) is 14.5. The third kappa shape index (κ3) is 3.88. The number of aromatic nitrogens is 1. The Morgan fingerprint density at radius 1 is 1.41 bits per heavy atom. The minimum atomic E-state index is -2.78. The van der Waals surface area contributed by atoms with E-state index in [1.807, 2.05) is 16.7 Å². The van der Waals surface area contributed by atoms with Crippen molar-refractivity contribution in [3.8, 4) is 0 Å². The highest BCUT2D eigenvalue weighted by molar-refractivity contribution is 6.36. The van der Waals surface area contributed by atoms with Gasteiger partial charge in [-0.2, -0.15) is 0 Å². The molecule has 2 fully saturated rings. The Hall–Kier alpha value is -1.70. The van der Waals surface area contributed by atoms with E-state index in [9.17, 15) is 18.7 Å². The second kappa shape index (κ2) is 7.52. The van der Waals surface area contributed by atoms with E-state index in [1.165, 1.54) is 6.92 Å². The SMILES string of the molecule is CC1CC(O)(CNC(=O)c2cn(C3CCCO3)c3cccc(Cl)c23)CCC1(F)F. The third-order valence-electron chi connectivity index (χ3n) is 6.18. The number of benzene rings is 1. The molecule has 3 unspecified atom stereocenters. The van der Waals surface area contributed by atoms with Crippen molar-refractivity contribution in [2.45, 2.75) is 56.8 Å². The molecule has 1 aromatic heterocycles. The molecule has 2 aromatic rings. The van der Waals surface area contributed by atoms with Crippen LogP contribution in [0.25, 0.3) is 10.9 Å². The summed E-state index contributed by atoms with van der Waals surface area (Å²) in [5.74, 6) is -4.11. The van der Waals surface area contributed by atoms with Crippen molar-refractivity contribution in [3.05, 3.63) is 35.0 Å². The predicted octanol–water partition coefficient (Wildman–Crippen LogP) is 4.52. The van der Waals surface area contributed by atoms with Crippen LogP contribution in [0.5, 0.6) is 0 Å². The quantitative estimate of drug-likeness (QED) is 0.755. The number of rotatable bonds is 4. The first-order valence-electron chi connectivity index (χ1n) is 9.99. The van der Waals surface area contributed by atoms with Crippen LogP contribution in [-0.2, 0) is 4.74 Å². The van der Waals surface area contributed by atoms with Gasteiger partial charge in [0.2, 0.25) is 0 Å². The number of carbonyl (C=O) groups excluding carboxylic acids is 1. The number of nitrogens with one attached hydrogen (secondary N) is 1. The van der Waals surface area contributed by atoms with Crippen LogP contribution in [0.15, 0.2) is 24.4 Å². The number of nitrogens with zero attached hydrogens (tertiary/aromatic N) is 1. The largest absolute Gasteiger partial charge is 0.388 e. The van der Waals surface area contributed by atoms with Crippen molar-refractivity contribution in [1.82, 2.24) is 9.88 Å². The lowest BCUT2D eigenvalue weighted by molar-refractivity contribution is -0.138. The molecule has 1 amide bonds. The molecule has 1 aromatic carbocycles. The molecule has 5 nitrogen and oxygen atoms in total. The molecule has 1 aliphatic carbocycles. The summed E-state index contributed by atoms with van der Waals surface area (Å²) in [6.07, 6.45) is 2.88. The molecule has 0 bridgehead atoms. The fourth-order valence-electron chi connectivity index (χ4n) is 4.43. The molecular formula is C21H25ClF2N2O3. The number of alkyl halides is 2. The van der Waals surface area contributed by atoms with E-state index in [0.717, 1.165) is 18.4 Å². The van der Waals surface area contributed by atoms with Crippen molar-refractivity contribution in [1.29, 1.82) is 0 Å². The zero-order chi connectivity index (χ0) is 20.8. The minimum absolute atomic E-state index is 0.0525. The Morgan fingerprint density at radius 3 is 2.90 bits per heavy atom. The molecule has 0 spiro atoms. The Labute approximate surface area is 173 Å². The number of aliphatic hydroxyl groups is 1. The lowest BCUT2D eigenvalue weighted by Crippen LogP contribution is -2.50. The van der Waals surface area contributed by atoms with E-state index < -0.39 is 23.3 Å². The monoisotopic (exact) mass is 426 g/mol. The average molecular weight is 427 g/mol. The van der Waals surface area contributed by atoms with Crippen LogP contribution >= 0.6 is 11.6 Å². The molecule has 29 heavy (non-hydrogen) atoms. The van der Waals surface area contributed by atoms with Crippen molar-refractivity contribution < 1.29 is 23.4 Å². The summed E-state index contributed by atoms with van der Waals surface area (Å²) in [6.45, 7) is 2.02. The van der Waals surface area contributed by atoms with Crippen LogP contribution in [-0.4, -0.2) is 40.3 Å². The summed E-state index contributed by atoms with van der Waals surface area (Å²) < 4.78 is 35.2. The number of hydrogen-bond acceptors (Lipinski definition) is 3. The van der Waals surface area contributed by atoms with Gasteiger partial charge >= 0.3 is 0 Å². The van der Waals surface area contributed by atoms with Gasteiger partial charge in [0, 0.05) is 37.1 Å². The Bertz CT molecular complexity index is 926. The van der Waals surface area contributed by atoms with E-state index in [2.05, 4.69) is 5.32 Å². The van der Waals surface area contributed by atoms with Crippen LogP contribution in [0.4, 0.5) is 8.78 Å². The van der Waals surface area contributed by atoms with Crippen LogP contribution in [0.1, 0.15) is 55.6 Å². The second-order valence-corrected chi connectivity index (χ2v) is 8.73. The van der Waals surface area contributed by atoms with Gasteiger partial charge < -0.3 is 19.7 Å². The lowest BCUT2D eigenvalue weighted by atomic mass is 9.76. The number of amides is 1. The Kier molecular flexibility index (Phi) is 5.34. The van der Waals surface area contributed by atoms with Gasteiger partial charge in [-0.05, 0) is 37.8 Å². The van der Waals surface area contributed by atoms with E-state index in [0.29, 0.717) is 22.6 Å². The fourth-order valence-corrected chi connectivity index (χ4v) is 4.70. The molecular weight excluding hydrogens is 402 g/mol. The van der Waals surface area contributed by atoms with Crippen LogP contribution in [0.3, 0.4) is 0 Å². The molecule has 1 aliphatic heterocycles. The molecule has 1 saturated carbocycles. The number of carbonyl (C=O) groups is 1. The van der Waals surface area contributed by atoms with Crippen molar-refractivity contribution in [3.63, 3.8) is 0 Å². The highest BCUT2D eigenvalue weighted by atomic mass is 35.5. The predicted molar refractivity (Wildman–Crippen MR) is 106 cm³/mol. The van der Waals surface area contributed by atoms with E-state index in [1.54, 1.807) is 12.3 Å². The highest BCUT2D eigenvalue weighted by Crippen LogP contribution is 2.42. The number of fused-ring (bicyclic) bond motifs is 1. The lowest BCUT2D eigenvalue weighted by Gasteiger charge is -2.40. The van der Waals surface area contributed by atoms with Gasteiger partial charge in [0.25, 0.3) is 11.8 Å². The van der Waals surface area contributed by atoms with Gasteiger partial charge in [-0.15, -0.1) is 0 Å². The second-order valence-electron chi connectivity index (χ2n) is 8.32. The topological polar surface area (TPSA) is 63.5 Å². The molecule has 2 N–H and O–H groups in total. The first-order valence-corrected chi connectivity index (χ1v) is 10.4. The number of ether oxygens (including phenoxy) is 1. The fraction of sp³-hybridized carbons (Fsp3) is 0.571. The standard InChI is InChI=1S/C21H25ClF2N2O3/c1-13-10-20(28,7-8-21(13,23)24)12-25-19(27)14-11-26(17-6-3-9-29-17)16-5-2-4-15(22)18(14)16/h2,4-5,11,13,17,28H,3,6-10,12H2,1H3,(H,25,27). The zero-order valence-corrected chi connectivity index (χ0v) is 17.0. The number of halogens is 3.